The van der Waals surface area contributed by atoms with Crippen molar-refractivity contribution < 1.29 is 0 Å². The molecule has 26 heavy (non-hydrogen) atoms. The van der Waals surface area contributed by atoms with Crippen molar-refractivity contribution >= 4 is 0 Å². The topological polar surface area (TPSA) is 46.8 Å². The lowest BCUT2D eigenvalue weighted by molar-refractivity contribution is 0.198. The summed E-state index contributed by atoms with van der Waals surface area (Å²) < 4.78 is 1.98. The van der Waals surface area contributed by atoms with Gasteiger partial charge in [-0.3, -0.25) is 4.90 Å². The number of benzene rings is 1. The van der Waals surface area contributed by atoms with Crippen LogP contribution in [0.2, 0.25) is 0 Å². The van der Waals surface area contributed by atoms with Gasteiger partial charge in [-0.05, 0) is 62.6 Å². The van der Waals surface area contributed by atoms with Gasteiger partial charge < -0.3 is 0 Å². The normalized spacial score (nSPS) is 18.2. The number of hydrogen-bond acceptors (Lipinski definition) is 4. The van der Waals surface area contributed by atoms with Gasteiger partial charge in [-0.1, -0.05) is 6.07 Å². The highest BCUT2D eigenvalue weighted by atomic mass is 15.3. The van der Waals surface area contributed by atoms with E-state index in [0.717, 1.165) is 31.0 Å². The zero-order valence-corrected chi connectivity index (χ0v) is 15.5. The first kappa shape index (κ1) is 16.9. The van der Waals surface area contributed by atoms with Crippen molar-refractivity contribution in [2.45, 2.75) is 39.2 Å². The fourth-order valence-electron chi connectivity index (χ4n) is 3.69. The van der Waals surface area contributed by atoms with Gasteiger partial charge in [0.2, 0.25) is 0 Å². The molecule has 1 atom stereocenters. The van der Waals surface area contributed by atoms with E-state index >= 15 is 0 Å². The molecule has 0 radical (unpaired) electrons. The molecule has 0 N–H and O–H groups in total. The van der Waals surface area contributed by atoms with Crippen LogP contribution in [0.25, 0.3) is 5.69 Å². The van der Waals surface area contributed by atoms with E-state index in [0.29, 0.717) is 5.92 Å². The van der Waals surface area contributed by atoms with Gasteiger partial charge in [0.15, 0.2) is 0 Å². The van der Waals surface area contributed by atoms with E-state index in [-0.39, 0.29) is 0 Å². The van der Waals surface area contributed by atoms with Crippen LogP contribution in [0.3, 0.4) is 0 Å². The lowest BCUT2D eigenvalue weighted by Gasteiger charge is -2.32. The Balaban J connectivity index is 1.44. The number of likely N-dealkylation sites (tertiary alicyclic amines) is 1. The maximum absolute atomic E-state index is 4.57. The number of nitrogens with zero attached hydrogens (tertiary/aromatic N) is 5. The van der Waals surface area contributed by atoms with Crippen molar-refractivity contribution in [2.24, 2.45) is 0 Å². The van der Waals surface area contributed by atoms with E-state index in [2.05, 4.69) is 58.2 Å². The van der Waals surface area contributed by atoms with Gasteiger partial charge in [-0.15, -0.1) is 0 Å². The van der Waals surface area contributed by atoms with Crippen LogP contribution in [0, 0.1) is 13.8 Å². The SMILES string of the molecule is Cc1ccc(-n2cc(CN3CCC[C@@H](c4ccncn4)C3)cn2)cc1C. The summed E-state index contributed by atoms with van der Waals surface area (Å²) >= 11 is 0. The second-order valence-corrected chi connectivity index (χ2v) is 7.27. The third-order valence-corrected chi connectivity index (χ3v) is 5.33. The Morgan fingerprint density at radius 3 is 2.88 bits per heavy atom. The van der Waals surface area contributed by atoms with Gasteiger partial charge in [-0.2, -0.15) is 5.10 Å². The maximum Gasteiger partial charge on any atom is 0.115 e. The molecule has 0 unspecified atom stereocenters. The number of aryl methyl sites for hydroxylation is 2. The van der Waals surface area contributed by atoms with E-state index in [1.54, 1.807) is 6.33 Å². The van der Waals surface area contributed by atoms with Crippen molar-refractivity contribution in [2.75, 3.05) is 13.1 Å². The van der Waals surface area contributed by atoms with Gasteiger partial charge in [0.05, 0.1) is 11.9 Å². The zero-order valence-electron chi connectivity index (χ0n) is 15.5. The molecule has 0 spiro atoms. The van der Waals surface area contributed by atoms with Crippen LogP contribution in [-0.4, -0.2) is 37.7 Å². The van der Waals surface area contributed by atoms with Crippen molar-refractivity contribution in [3.63, 3.8) is 0 Å². The average Bonchev–Trinajstić information content (AvgIpc) is 3.13. The molecule has 1 aliphatic rings. The molecule has 0 amide bonds. The molecule has 1 aromatic carbocycles. The van der Waals surface area contributed by atoms with Gasteiger partial charge in [0.1, 0.15) is 6.33 Å². The highest BCUT2D eigenvalue weighted by molar-refractivity contribution is 5.39. The average molecular weight is 347 g/mol. The van der Waals surface area contributed by atoms with E-state index in [1.165, 1.54) is 29.5 Å². The summed E-state index contributed by atoms with van der Waals surface area (Å²) in [7, 11) is 0. The van der Waals surface area contributed by atoms with Gasteiger partial charge in [0.25, 0.3) is 0 Å². The Kier molecular flexibility index (Phi) is 4.80. The van der Waals surface area contributed by atoms with Crippen LogP contribution in [0.15, 0.2) is 49.2 Å². The van der Waals surface area contributed by atoms with Crippen LogP contribution >= 0.6 is 0 Å². The Hall–Kier alpha value is -2.53. The molecule has 3 heterocycles. The summed E-state index contributed by atoms with van der Waals surface area (Å²) in [5.74, 6) is 0.501. The van der Waals surface area contributed by atoms with E-state index in [4.69, 9.17) is 0 Å². The van der Waals surface area contributed by atoms with E-state index < -0.39 is 0 Å². The lowest BCUT2D eigenvalue weighted by atomic mass is 9.94. The molecule has 0 bridgehead atoms. The van der Waals surface area contributed by atoms with Crippen molar-refractivity contribution in [1.82, 2.24) is 24.6 Å². The van der Waals surface area contributed by atoms with Gasteiger partial charge in [0, 0.05) is 42.7 Å². The molecule has 1 aliphatic heterocycles. The molecule has 4 rings (SSSR count). The lowest BCUT2D eigenvalue weighted by Crippen LogP contribution is -2.34. The largest absolute Gasteiger partial charge is 0.298 e. The number of piperidine rings is 1. The van der Waals surface area contributed by atoms with Crippen LogP contribution in [-0.2, 0) is 6.54 Å². The third kappa shape index (κ3) is 3.68. The molecular weight excluding hydrogens is 322 g/mol. The summed E-state index contributed by atoms with van der Waals surface area (Å²) in [4.78, 5) is 11.0. The van der Waals surface area contributed by atoms with Crippen LogP contribution in [0.5, 0.6) is 0 Å². The van der Waals surface area contributed by atoms with Crippen molar-refractivity contribution in [3.8, 4) is 5.69 Å². The first-order chi connectivity index (χ1) is 12.7. The fraction of sp³-hybridized carbons (Fsp3) is 0.381. The molecule has 0 saturated carbocycles. The predicted molar refractivity (Wildman–Crippen MR) is 102 cm³/mol. The summed E-state index contributed by atoms with van der Waals surface area (Å²) in [6.07, 6.45) is 10.0. The first-order valence-electron chi connectivity index (χ1n) is 9.28. The summed E-state index contributed by atoms with van der Waals surface area (Å²) in [5, 5.41) is 4.57. The van der Waals surface area contributed by atoms with Gasteiger partial charge in [-0.25, -0.2) is 14.6 Å². The standard InChI is InChI=1S/C21H25N5/c1-16-5-6-20(10-17(16)2)26-13-18(11-24-26)12-25-9-3-4-19(14-25)21-7-8-22-15-23-21/h5-8,10-11,13,15,19H,3-4,9,12,14H2,1-2H3/t19-/m1/s1. The van der Waals surface area contributed by atoms with Crippen LogP contribution in [0.1, 0.15) is 41.1 Å². The second-order valence-electron chi connectivity index (χ2n) is 7.27. The van der Waals surface area contributed by atoms with Crippen molar-refractivity contribution in [1.29, 1.82) is 0 Å². The van der Waals surface area contributed by atoms with Crippen LogP contribution in [0.4, 0.5) is 0 Å². The van der Waals surface area contributed by atoms with Crippen molar-refractivity contribution in [3.05, 3.63) is 71.6 Å². The fourth-order valence-corrected chi connectivity index (χ4v) is 3.69. The molecule has 0 aliphatic carbocycles. The Morgan fingerprint density at radius 1 is 1.15 bits per heavy atom. The summed E-state index contributed by atoms with van der Waals surface area (Å²) in [6.45, 7) is 7.40. The number of aromatic nitrogens is 4. The molecule has 1 saturated heterocycles. The smallest absolute Gasteiger partial charge is 0.115 e. The number of hydrogen-bond donors (Lipinski definition) is 0. The molecule has 1 fully saturated rings. The minimum Gasteiger partial charge on any atom is -0.298 e. The molecule has 5 nitrogen and oxygen atoms in total. The molecule has 2 aromatic heterocycles. The second kappa shape index (κ2) is 7.38. The monoisotopic (exact) mass is 347 g/mol. The molecular formula is C21H25N5. The number of rotatable bonds is 4. The van der Waals surface area contributed by atoms with Crippen LogP contribution < -0.4 is 0 Å². The Bertz CT molecular complexity index is 871. The minimum atomic E-state index is 0.501. The highest BCUT2D eigenvalue weighted by Crippen LogP contribution is 2.26. The molecule has 134 valence electrons. The van der Waals surface area contributed by atoms with Gasteiger partial charge >= 0.3 is 0 Å². The first-order valence-corrected chi connectivity index (χ1v) is 9.28. The summed E-state index contributed by atoms with van der Waals surface area (Å²) in [5.41, 5.74) is 6.15. The summed E-state index contributed by atoms with van der Waals surface area (Å²) in [6, 6.07) is 8.53. The Labute approximate surface area is 154 Å². The van der Waals surface area contributed by atoms with E-state index in [1.807, 2.05) is 23.1 Å². The molecule has 5 heteroatoms. The quantitative estimate of drug-likeness (QED) is 0.723. The van der Waals surface area contributed by atoms with E-state index in [9.17, 15) is 0 Å². The Morgan fingerprint density at radius 2 is 2.08 bits per heavy atom. The predicted octanol–water partition coefficient (Wildman–Crippen LogP) is 3.66. The zero-order chi connectivity index (χ0) is 17.9. The minimum absolute atomic E-state index is 0.501. The maximum atomic E-state index is 4.57. The highest BCUT2D eigenvalue weighted by Gasteiger charge is 2.22. The molecule has 3 aromatic rings. The third-order valence-electron chi connectivity index (χ3n) is 5.33.